The van der Waals surface area contributed by atoms with Gasteiger partial charge in [0.25, 0.3) is 0 Å². The first-order chi connectivity index (χ1) is 21.4. The zero-order valence-corrected chi connectivity index (χ0v) is 25.6. The minimum absolute atomic E-state index is 0.118. The quantitative estimate of drug-likeness (QED) is 0.0907. The molecule has 0 heterocycles. The number of amides is 1. The Kier molecular flexibility index (Phi) is 11.7. The number of carbonyl (C=O) groups is 3. The molecule has 0 saturated heterocycles. The van der Waals surface area contributed by atoms with Crippen LogP contribution >= 0.6 is 0 Å². The molecule has 0 fully saturated rings. The van der Waals surface area contributed by atoms with Crippen molar-refractivity contribution in [3.05, 3.63) is 125 Å². The summed E-state index contributed by atoms with van der Waals surface area (Å²) in [4.78, 5) is 40.6. The molecule has 0 radical (unpaired) electrons. The van der Waals surface area contributed by atoms with E-state index < -0.39 is 12.0 Å². The Bertz CT molecular complexity index is 1540. The first-order valence-electron chi connectivity index (χ1n) is 15.0. The van der Waals surface area contributed by atoms with Crippen molar-refractivity contribution >= 4 is 29.0 Å². The van der Waals surface area contributed by atoms with E-state index >= 15 is 0 Å². The number of benzene rings is 4. The smallest absolute Gasteiger partial charge is 0.328 e. The first kappa shape index (κ1) is 32.0. The monoisotopic (exact) mass is 592 g/mol. The minimum Gasteiger partial charge on any atom is -0.494 e. The first-order valence-corrected chi connectivity index (χ1v) is 15.0. The molecule has 0 aliphatic heterocycles. The van der Waals surface area contributed by atoms with Gasteiger partial charge in [-0.15, -0.1) is 0 Å². The molecule has 0 aliphatic carbocycles. The number of esters is 1. The fraction of sp³-hybridized carbons (Fsp3) is 0.270. The highest BCUT2D eigenvalue weighted by atomic mass is 16.5. The van der Waals surface area contributed by atoms with Crippen molar-refractivity contribution in [2.45, 2.75) is 45.6 Å². The van der Waals surface area contributed by atoms with Crippen LogP contribution in [0.15, 0.2) is 103 Å². The van der Waals surface area contributed by atoms with E-state index in [0.29, 0.717) is 55.0 Å². The third kappa shape index (κ3) is 8.57. The Balaban J connectivity index is 1.37. The van der Waals surface area contributed by atoms with Crippen LogP contribution in [0.5, 0.6) is 5.75 Å². The van der Waals surface area contributed by atoms with Crippen LogP contribution in [-0.4, -0.2) is 44.0 Å². The van der Waals surface area contributed by atoms with Crippen LogP contribution in [-0.2, 0) is 20.7 Å². The van der Waals surface area contributed by atoms with Crippen LogP contribution in [0.3, 0.4) is 0 Å². The third-order valence-corrected chi connectivity index (χ3v) is 7.35. The molecule has 0 saturated carbocycles. The maximum Gasteiger partial charge on any atom is 0.328 e. The van der Waals surface area contributed by atoms with E-state index in [9.17, 15) is 14.4 Å². The number of ketones is 1. The normalized spacial score (nSPS) is 11.3. The van der Waals surface area contributed by atoms with E-state index in [1.807, 2.05) is 91.5 Å². The number of hydrogen-bond acceptors (Lipinski definition) is 6. The van der Waals surface area contributed by atoms with Crippen molar-refractivity contribution in [1.82, 2.24) is 0 Å². The van der Waals surface area contributed by atoms with Gasteiger partial charge in [0.15, 0.2) is 5.78 Å². The molecule has 0 aromatic heterocycles. The minimum atomic E-state index is -0.704. The molecule has 7 nitrogen and oxygen atoms in total. The molecule has 4 aromatic carbocycles. The lowest BCUT2D eigenvalue weighted by Crippen LogP contribution is -2.33. The summed E-state index contributed by atoms with van der Waals surface area (Å²) in [6.45, 7) is 5.06. The summed E-state index contributed by atoms with van der Waals surface area (Å²) in [6, 6.07) is 31.0. The molecule has 0 spiro atoms. The molecule has 44 heavy (non-hydrogen) atoms. The summed E-state index contributed by atoms with van der Waals surface area (Å²) in [5.41, 5.74) is 4.53. The second-order valence-electron chi connectivity index (χ2n) is 10.6. The van der Waals surface area contributed by atoms with Crippen molar-refractivity contribution in [2.24, 2.45) is 0 Å². The molecule has 0 unspecified atom stereocenters. The SMILES string of the molecule is CCCC(=O)N(CCCOc1ccc(C[C@H](Nc2ccccc2C(=O)c2ccccc2)C(=O)OC)cc1)c1ccccc1C. The number of nitrogens with one attached hydrogen (secondary N) is 1. The van der Waals surface area contributed by atoms with Gasteiger partial charge >= 0.3 is 5.97 Å². The molecule has 1 atom stereocenters. The highest BCUT2D eigenvalue weighted by Gasteiger charge is 2.23. The van der Waals surface area contributed by atoms with E-state index in [4.69, 9.17) is 9.47 Å². The molecule has 1 N–H and O–H groups in total. The molecular formula is C37H40N2O5. The zero-order chi connectivity index (χ0) is 31.3. The number of carbonyl (C=O) groups excluding carboxylic acids is 3. The van der Waals surface area contributed by atoms with E-state index in [-0.39, 0.29) is 11.7 Å². The summed E-state index contributed by atoms with van der Waals surface area (Å²) in [5, 5.41) is 3.24. The van der Waals surface area contributed by atoms with Gasteiger partial charge < -0.3 is 19.7 Å². The second-order valence-corrected chi connectivity index (χ2v) is 10.6. The second kappa shape index (κ2) is 16.1. The van der Waals surface area contributed by atoms with Crippen molar-refractivity contribution in [3.8, 4) is 5.75 Å². The fourth-order valence-corrected chi connectivity index (χ4v) is 5.04. The number of ether oxygens (including phenoxy) is 2. The number of anilines is 2. The fourth-order valence-electron chi connectivity index (χ4n) is 5.04. The Morgan fingerprint density at radius 1 is 0.841 bits per heavy atom. The highest BCUT2D eigenvalue weighted by molar-refractivity contribution is 6.12. The molecule has 0 aliphatic rings. The molecule has 7 heteroatoms. The average molecular weight is 593 g/mol. The summed E-state index contributed by atoms with van der Waals surface area (Å²) in [5.74, 6) is 0.267. The lowest BCUT2D eigenvalue weighted by Gasteiger charge is -2.24. The van der Waals surface area contributed by atoms with Crippen LogP contribution in [0, 0.1) is 6.92 Å². The van der Waals surface area contributed by atoms with Gasteiger partial charge in [0.1, 0.15) is 11.8 Å². The van der Waals surface area contributed by atoms with Gasteiger partial charge in [-0.3, -0.25) is 9.59 Å². The van der Waals surface area contributed by atoms with Gasteiger partial charge in [0, 0.05) is 41.9 Å². The van der Waals surface area contributed by atoms with E-state index in [2.05, 4.69) is 5.32 Å². The number of nitrogens with zero attached hydrogens (tertiary/aromatic N) is 1. The topological polar surface area (TPSA) is 84.9 Å². The molecule has 0 bridgehead atoms. The van der Waals surface area contributed by atoms with E-state index in [0.717, 1.165) is 23.2 Å². The maximum atomic E-state index is 13.2. The predicted octanol–water partition coefficient (Wildman–Crippen LogP) is 7.02. The lowest BCUT2D eigenvalue weighted by atomic mass is 10.00. The largest absolute Gasteiger partial charge is 0.494 e. The van der Waals surface area contributed by atoms with Gasteiger partial charge in [-0.05, 0) is 61.2 Å². The molecule has 1 amide bonds. The molecule has 4 aromatic rings. The van der Waals surface area contributed by atoms with Crippen molar-refractivity contribution < 1.29 is 23.9 Å². The molecular weight excluding hydrogens is 552 g/mol. The van der Waals surface area contributed by atoms with Crippen LogP contribution in [0.25, 0.3) is 0 Å². The van der Waals surface area contributed by atoms with Gasteiger partial charge in [-0.2, -0.15) is 0 Å². The Hall–Kier alpha value is -4.91. The standard InChI is InChI=1S/C37H40N2O5/c1-4-13-35(40)39(34-19-11-8-14-27(34)2)24-12-25-44-30-22-20-28(21-23-30)26-33(37(42)43-3)38-32-18-10-9-17-31(32)36(41)29-15-6-5-7-16-29/h5-11,14-23,33,38H,4,12-13,24-26H2,1-3H3/t33-/m0/s1. The Labute approximate surface area is 259 Å². The molecule has 4 rings (SSSR count). The van der Waals surface area contributed by atoms with Crippen LogP contribution in [0.2, 0.25) is 0 Å². The lowest BCUT2D eigenvalue weighted by molar-refractivity contribution is -0.141. The maximum absolute atomic E-state index is 13.2. The predicted molar refractivity (Wildman–Crippen MR) is 174 cm³/mol. The van der Waals surface area contributed by atoms with Crippen LogP contribution < -0.4 is 15.0 Å². The Morgan fingerprint density at radius 3 is 2.23 bits per heavy atom. The number of methoxy groups -OCH3 is 1. The summed E-state index contributed by atoms with van der Waals surface area (Å²) in [6.07, 6.45) is 2.34. The number of para-hydroxylation sites is 2. The van der Waals surface area contributed by atoms with Crippen molar-refractivity contribution in [1.29, 1.82) is 0 Å². The van der Waals surface area contributed by atoms with E-state index in [1.165, 1.54) is 7.11 Å². The number of rotatable bonds is 15. The van der Waals surface area contributed by atoms with E-state index in [1.54, 1.807) is 30.3 Å². The summed E-state index contributed by atoms with van der Waals surface area (Å²) >= 11 is 0. The van der Waals surface area contributed by atoms with Gasteiger partial charge in [-0.1, -0.05) is 79.7 Å². The van der Waals surface area contributed by atoms with Crippen LogP contribution in [0.1, 0.15) is 53.2 Å². The summed E-state index contributed by atoms with van der Waals surface area (Å²) in [7, 11) is 1.35. The third-order valence-electron chi connectivity index (χ3n) is 7.35. The number of hydrogen-bond donors (Lipinski definition) is 1. The average Bonchev–Trinajstić information content (AvgIpc) is 3.05. The van der Waals surface area contributed by atoms with Crippen molar-refractivity contribution in [2.75, 3.05) is 30.5 Å². The molecule has 228 valence electrons. The summed E-state index contributed by atoms with van der Waals surface area (Å²) < 4.78 is 11.1. The van der Waals surface area contributed by atoms with Crippen LogP contribution in [0.4, 0.5) is 11.4 Å². The van der Waals surface area contributed by atoms with Gasteiger partial charge in [-0.25, -0.2) is 4.79 Å². The highest BCUT2D eigenvalue weighted by Crippen LogP contribution is 2.23. The Morgan fingerprint density at radius 2 is 1.52 bits per heavy atom. The van der Waals surface area contributed by atoms with Crippen molar-refractivity contribution in [3.63, 3.8) is 0 Å². The van der Waals surface area contributed by atoms with Gasteiger partial charge in [0.05, 0.1) is 13.7 Å². The number of aryl methyl sites for hydroxylation is 1. The zero-order valence-electron chi connectivity index (χ0n) is 25.6. The van der Waals surface area contributed by atoms with Gasteiger partial charge in [0.2, 0.25) is 5.91 Å².